The summed E-state index contributed by atoms with van der Waals surface area (Å²) in [5, 5.41) is 11.9. The number of carbonyl (C=O) groups excluding carboxylic acids is 1. The first kappa shape index (κ1) is 17.0. The molecular formula is C19H24N2O2. The third-order valence-electron chi connectivity index (χ3n) is 3.89. The van der Waals surface area contributed by atoms with Crippen molar-refractivity contribution in [2.45, 2.75) is 39.5 Å². The number of benzene rings is 2. The third kappa shape index (κ3) is 3.90. The highest BCUT2D eigenvalue weighted by molar-refractivity contribution is 6.05. The second-order valence-corrected chi connectivity index (χ2v) is 6.26. The molecule has 122 valence electrons. The fourth-order valence-electron chi connectivity index (χ4n) is 2.58. The minimum atomic E-state index is -0.149. The molecule has 0 radical (unpaired) electrons. The normalized spacial score (nSPS) is 10.9. The Hall–Kier alpha value is -2.33. The van der Waals surface area contributed by atoms with Crippen LogP contribution >= 0.6 is 0 Å². The summed E-state index contributed by atoms with van der Waals surface area (Å²) in [6.07, 6.45) is 0. The van der Waals surface area contributed by atoms with Crippen molar-refractivity contribution < 1.29 is 10.0 Å². The molecule has 0 unspecified atom stereocenters. The van der Waals surface area contributed by atoms with Crippen molar-refractivity contribution in [1.29, 1.82) is 0 Å². The molecule has 0 aromatic heterocycles. The lowest BCUT2D eigenvalue weighted by atomic mass is 9.92. The molecule has 2 rings (SSSR count). The maximum atomic E-state index is 12.6. The van der Waals surface area contributed by atoms with Gasteiger partial charge in [-0.15, -0.1) is 0 Å². The number of nitrogens with one attached hydrogen (secondary N) is 2. The van der Waals surface area contributed by atoms with Gasteiger partial charge in [0.05, 0.1) is 5.69 Å². The molecule has 0 bridgehead atoms. The lowest BCUT2D eigenvalue weighted by Crippen LogP contribution is -2.16. The van der Waals surface area contributed by atoms with Crippen molar-refractivity contribution >= 4 is 17.3 Å². The third-order valence-corrected chi connectivity index (χ3v) is 3.89. The largest absolute Gasteiger partial charge is 0.321 e. The van der Waals surface area contributed by atoms with E-state index in [0.29, 0.717) is 23.1 Å². The van der Waals surface area contributed by atoms with Crippen molar-refractivity contribution in [2.75, 3.05) is 10.8 Å². The quantitative estimate of drug-likeness (QED) is 0.682. The van der Waals surface area contributed by atoms with E-state index in [1.54, 1.807) is 24.3 Å². The molecule has 1 amide bonds. The van der Waals surface area contributed by atoms with E-state index in [0.717, 1.165) is 16.8 Å². The van der Waals surface area contributed by atoms with E-state index in [4.69, 9.17) is 5.21 Å². The summed E-state index contributed by atoms with van der Waals surface area (Å²) in [6.45, 7) is 8.49. The summed E-state index contributed by atoms with van der Waals surface area (Å²) in [5.41, 5.74) is 6.34. The summed E-state index contributed by atoms with van der Waals surface area (Å²) >= 11 is 0. The predicted molar refractivity (Wildman–Crippen MR) is 94.4 cm³/mol. The maximum Gasteiger partial charge on any atom is 0.255 e. The van der Waals surface area contributed by atoms with Gasteiger partial charge in [-0.3, -0.25) is 15.5 Å². The van der Waals surface area contributed by atoms with E-state index in [1.807, 2.05) is 6.07 Å². The molecule has 0 aliphatic heterocycles. The lowest BCUT2D eigenvalue weighted by molar-refractivity contribution is 0.102. The summed E-state index contributed by atoms with van der Waals surface area (Å²) in [4.78, 5) is 12.6. The molecule has 0 heterocycles. The summed E-state index contributed by atoms with van der Waals surface area (Å²) in [5.74, 6) is 0.499. The van der Waals surface area contributed by atoms with Gasteiger partial charge in [0.15, 0.2) is 0 Å². The van der Waals surface area contributed by atoms with Crippen molar-refractivity contribution in [3.8, 4) is 0 Å². The minimum absolute atomic E-state index is 0.149. The van der Waals surface area contributed by atoms with E-state index in [9.17, 15) is 4.79 Å². The van der Waals surface area contributed by atoms with Gasteiger partial charge in [0.2, 0.25) is 0 Å². The Morgan fingerprint density at radius 3 is 1.87 bits per heavy atom. The van der Waals surface area contributed by atoms with Crippen LogP contribution in [0.25, 0.3) is 0 Å². The van der Waals surface area contributed by atoms with E-state index in [-0.39, 0.29) is 5.91 Å². The second kappa shape index (κ2) is 7.29. The predicted octanol–water partition coefficient (Wildman–Crippen LogP) is 4.99. The molecule has 0 aliphatic carbocycles. The fourth-order valence-corrected chi connectivity index (χ4v) is 2.58. The Balaban J connectivity index is 2.35. The van der Waals surface area contributed by atoms with Crippen LogP contribution in [0, 0.1) is 0 Å². The zero-order chi connectivity index (χ0) is 17.0. The van der Waals surface area contributed by atoms with E-state index >= 15 is 0 Å². The standard InChI is InChI=1S/C19H24N2O2/c1-12(2)16-6-5-7-17(13(3)4)18(16)20-19(22)14-8-10-15(21-23)11-9-14/h5-13,21,23H,1-4H3,(H,20,22). The topological polar surface area (TPSA) is 61.4 Å². The van der Waals surface area contributed by atoms with Gasteiger partial charge in [0.25, 0.3) is 5.91 Å². The maximum absolute atomic E-state index is 12.6. The van der Waals surface area contributed by atoms with Crippen molar-refractivity contribution in [1.82, 2.24) is 0 Å². The SMILES string of the molecule is CC(C)c1cccc(C(C)C)c1NC(=O)c1ccc(NO)cc1. The molecular weight excluding hydrogens is 288 g/mol. The molecule has 0 spiro atoms. The Bertz CT molecular complexity index is 650. The smallest absolute Gasteiger partial charge is 0.255 e. The zero-order valence-electron chi connectivity index (χ0n) is 14.1. The van der Waals surface area contributed by atoms with Gasteiger partial charge >= 0.3 is 0 Å². The molecule has 2 aromatic carbocycles. The first-order valence-corrected chi connectivity index (χ1v) is 7.88. The molecule has 0 saturated carbocycles. The molecule has 0 atom stereocenters. The first-order chi connectivity index (χ1) is 10.9. The molecule has 4 nitrogen and oxygen atoms in total. The number of rotatable bonds is 5. The van der Waals surface area contributed by atoms with Crippen molar-refractivity contribution in [3.63, 3.8) is 0 Å². The Morgan fingerprint density at radius 1 is 0.913 bits per heavy atom. The Labute approximate surface area is 137 Å². The summed E-state index contributed by atoms with van der Waals surface area (Å²) in [6, 6.07) is 12.8. The molecule has 4 heteroatoms. The average molecular weight is 312 g/mol. The molecule has 23 heavy (non-hydrogen) atoms. The highest BCUT2D eigenvalue weighted by Crippen LogP contribution is 2.32. The van der Waals surface area contributed by atoms with E-state index in [1.165, 1.54) is 0 Å². The highest BCUT2D eigenvalue weighted by Gasteiger charge is 2.16. The molecule has 0 aliphatic rings. The van der Waals surface area contributed by atoms with Crippen LogP contribution in [-0.2, 0) is 0 Å². The van der Waals surface area contributed by atoms with E-state index in [2.05, 4.69) is 50.6 Å². The summed E-state index contributed by atoms with van der Waals surface area (Å²) < 4.78 is 0. The number of amides is 1. The summed E-state index contributed by atoms with van der Waals surface area (Å²) in [7, 11) is 0. The Morgan fingerprint density at radius 2 is 1.43 bits per heavy atom. The van der Waals surface area contributed by atoms with Gasteiger partial charge in [-0.05, 0) is 47.2 Å². The first-order valence-electron chi connectivity index (χ1n) is 7.88. The average Bonchev–Trinajstić information content (AvgIpc) is 2.54. The van der Waals surface area contributed by atoms with Crippen LogP contribution in [0.15, 0.2) is 42.5 Å². The molecule has 3 N–H and O–H groups in total. The zero-order valence-corrected chi connectivity index (χ0v) is 14.1. The van der Waals surface area contributed by atoms with E-state index < -0.39 is 0 Å². The fraction of sp³-hybridized carbons (Fsp3) is 0.316. The Kier molecular flexibility index (Phi) is 5.40. The lowest BCUT2D eigenvalue weighted by Gasteiger charge is -2.20. The number of carbonyl (C=O) groups is 1. The van der Waals surface area contributed by atoms with Crippen LogP contribution < -0.4 is 10.8 Å². The van der Waals surface area contributed by atoms with Crippen LogP contribution in [-0.4, -0.2) is 11.1 Å². The van der Waals surface area contributed by atoms with Crippen LogP contribution in [0.1, 0.15) is 61.0 Å². The van der Waals surface area contributed by atoms with Crippen LogP contribution in [0.5, 0.6) is 0 Å². The number of hydrogen-bond acceptors (Lipinski definition) is 3. The van der Waals surface area contributed by atoms with Crippen LogP contribution in [0.2, 0.25) is 0 Å². The molecule has 0 saturated heterocycles. The van der Waals surface area contributed by atoms with Crippen molar-refractivity contribution in [2.24, 2.45) is 0 Å². The molecule has 0 fully saturated rings. The number of para-hydroxylation sites is 1. The minimum Gasteiger partial charge on any atom is -0.321 e. The van der Waals surface area contributed by atoms with Crippen molar-refractivity contribution in [3.05, 3.63) is 59.2 Å². The van der Waals surface area contributed by atoms with Gasteiger partial charge in [-0.25, -0.2) is 0 Å². The molecule has 2 aromatic rings. The van der Waals surface area contributed by atoms with Gasteiger partial charge in [0.1, 0.15) is 0 Å². The van der Waals surface area contributed by atoms with Gasteiger partial charge in [-0.2, -0.15) is 0 Å². The van der Waals surface area contributed by atoms with Gasteiger partial charge in [0, 0.05) is 11.3 Å². The highest BCUT2D eigenvalue weighted by atomic mass is 16.5. The monoisotopic (exact) mass is 312 g/mol. The number of hydrogen-bond donors (Lipinski definition) is 3. The van der Waals surface area contributed by atoms with Crippen LogP contribution in [0.4, 0.5) is 11.4 Å². The number of anilines is 2. The van der Waals surface area contributed by atoms with Gasteiger partial charge in [-0.1, -0.05) is 45.9 Å². The van der Waals surface area contributed by atoms with Crippen LogP contribution in [0.3, 0.4) is 0 Å². The van der Waals surface area contributed by atoms with Gasteiger partial charge < -0.3 is 5.32 Å². The second-order valence-electron chi connectivity index (χ2n) is 6.26.